The second-order valence-corrected chi connectivity index (χ2v) is 9.99. The predicted octanol–water partition coefficient (Wildman–Crippen LogP) is 5.98. The second-order valence-electron chi connectivity index (χ2n) is 8.90. The van der Waals surface area contributed by atoms with Gasteiger partial charge in [0.15, 0.2) is 0 Å². The molecule has 160 valence electrons. The van der Waals surface area contributed by atoms with Crippen molar-refractivity contribution in [3.05, 3.63) is 50.7 Å². The third-order valence-electron chi connectivity index (χ3n) is 5.44. The molecule has 0 bridgehead atoms. The Balaban J connectivity index is 2.00. The van der Waals surface area contributed by atoms with Gasteiger partial charge in [0.1, 0.15) is 17.2 Å². The lowest BCUT2D eigenvalue weighted by atomic mass is 9.90. The molecule has 2 N–H and O–H groups in total. The zero-order valence-electron chi connectivity index (χ0n) is 18.4. The van der Waals surface area contributed by atoms with Crippen molar-refractivity contribution in [2.75, 3.05) is 6.61 Å². The summed E-state index contributed by atoms with van der Waals surface area (Å²) in [7, 11) is 0. The Kier molecular flexibility index (Phi) is 7.89. The van der Waals surface area contributed by atoms with Crippen LogP contribution < -0.4 is 4.74 Å². The van der Waals surface area contributed by atoms with Crippen molar-refractivity contribution in [1.29, 1.82) is 0 Å². The molecule has 0 aliphatic heterocycles. The Morgan fingerprint density at radius 1 is 1.17 bits per heavy atom. The van der Waals surface area contributed by atoms with Gasteiger partial charge in [-0.05, 0) is 73.3 Å². The van der Waals surface area contributed by atoms with Crippen molar-refractivity contribution < 1.29 is 19.7 Å². The van der Waals surface area contributed by atoms with Crippen molar-refractivity contribution in [2.45, 2.75) is 72.8 Å². The first-order chi connectivity index (χ1) is 13.5. The number of aryl methyl sites for hydroxylation is 3. The van der Waals surface area contributed by atoms with Gasteiger partial charge < -0.3 is 14.9 Å². The summed E-state index contributed by atoms with van der Waals surface area (Å²) < 4.78 is 5.83. The quantitative estimate of drug-likeness (QED) is 0.526. The topological polar surface area (TPSA) is 66.8 Å². The first-order valence-corrected chi connectivity index (χ1v) is 11.1. The van der Waals surface area contributed by atoms with Crippen LogP contribution in [0.4, 0.5) is 0 Å². The van der Waals surface area contributed by atoms with E-state index in [4.69, 9.17) is 4.74 Å². The average Bonchev–Trinajstić information content (AvgIpc) is 3.02. The number of carboxylic acids is 1. The van der Waals surface area contributed by atoms with Gasteiger partial charge in [-0.3, -0.25) is 0 Å². The van der Waals surface area contributed by atoms with Crippen molar-refractivity contribution in [2.24, 2.45) is 5.41 Å². The Morgan fingerprint density at radius 2 is 1.86 bits per heavy atom. The highest BCUT2D eigenvalue weighted by Crippen LogP contribution is 2.34. The van der Waals surface area contributed by atoms with E-state index in [-0.39, 0.29) is 12.0 Å². The SMILES string of the molecule is CCC(CCc1ccc(OCC(O)C(C)(C)C)c(C)c1)c1cc(C)c(C(=O)O)s1. The zero-order valence-corrected chi connectivity index (χ0v) is 19.2. The largest absolute Gasteiger partial charge is 0.491 e. The number of thiophene rings is 1. The molecule has 1 heterocycles. The maximum absolute atomic E-state index is 11.3. The third kappa shape index (κ3) is 6.31. The molecular formula is C24H34O4S. The van der Waals surface area contributed by atoms with Crippen LogP contribution in [-0.4, -0.2) is 28.9 Å². The lowest BCUT2D eigenvalue weighted by molar-refractivity contribution is 0.0216. The molecular weight excluding hydrogens is 384 g/mol. The van der Waals surface area contributed by atoms with Crippen LogP contribution in [0.1, 0.15) is 77.7 Å². The Hall–Kier alpha value is -1.85. The van der Waals surface area contributed by atoms with E-state index in [1.807, 2.05) is 46.8 Å². The fourth-order valence-corrected chi connectivity index (χ4v) is 4.49. The number of hydrogen-bond donors (Lipinski definition) is 2. The molecule has 2 unspecified atom stereocenters. The molecule has 0 saturated carbocycles. The number of aliphatic hydroxyl groups excluding tert-OH is 1. The molecule has 2 aromatic rings. The van der Waals surface area contributed by atoms with E-state index in [1.165, 1.54) is 16.9 Å². The predicted molar refractivity (Wildman–Crippen MR) is 120 cm³/mol. The van der Waals surface area contributed by atoms with Crippen LogP contribution in [-0.2, 0) is 6.42 Å². The lowest BCUT2D eigenvalue weighted by Gasteiger charge is -2.26. The molecule has 2 rings (SSSR count). The van der Waals surface area contributed by atoms with Gasteiger partial charge in [0.2, 0.25) is 0 Å². The number of carboxylic acid groups (broad SMARTS) is 1. The minimum atomic E-state index is -0.837. The third-order valence-corrected chi connectivity index (χ3v) is 6.83. The van der Waals surface area contributed by atoms with Gasteiger partial charge in [0.05, 0.1) is 6.10 Å². The monoisotopic (exact) mass is 418 g/mol. The number of aromatic carboxylic acids is 1. The van der Waals surface area contributed by atoms with Crippen molar-refractivity contribution in [3.8, 4) is 5.75 Å². The van der Waals surface area contributed by atoms with Crippen molar-refractivity contribution in [1.82, 2.24) is 0 Å². The average molecular weight is 419 g/mol. The van der Waals surface area contributed by atoms with E-state index in [1.54, 1.807) is 0 Å². The highest BCUT2D eigenvalue weighted by molar-refractivity contribution is 7.14. The molecule has 0 aliphatic carbocycles. The zero-order chi connectivity index (χ0) is 21.8. The van der Waals surface area contributed by atoms with Gasteiger partial charge in [-0.2, -0.15) is 0 Å². The summed E-state index contributed by atoms with van der Waals surface area (Å²) in [5, 5.41) is 19.5. The first kappa shape index (κ1) is 23.4. The van der Waals surface area contributed by atoms with Crippen LogP contribution in [0.2, 0.25) is 0 Å². The van der Waals surface area contributed by atoms with E-state index in [0.717, 1.165) is 41.0 Å². The molecule has 5 heteroatoms. The molecule has 0 spiro atoms. The van der Waals surface area contributed by atoms with Gasteiger partial charge in [-0.25, -0.2) is 4.79 Å². The summed E-state index contributed by atoms with van der Waals surface area (Å²) in [5.41, 5.74) is 2.96. The Bertz CT molecular complexity index is 832. The van der Waals surface area contributed by atoms with E-state index < -0.39 is 12.1 Å². The molecule has 0 radical (unpaired) electrons. The van der Waals surface area contributed by atoms with Gasteiger partial charge in [-0.15, -0.1) is 11.3 Å². The van der Waals surface area contributed by atoms with Crippen LogP contribution in [0.3, 0.4) is 0 Å². The number of benzene rings is 1. The van der Waals surface area contributed by atoms with Crippen LogP contribution >= 0.6 is 11.3 Å². The van der Waals surface area contributed by atoms with E-state index in [2.05, 4.69) is 19.1 Å². The standard InChI is InChI=1S/C24H34O4S/c1-7-18(20-13-16(3)22(29-20)23(26)27)10-8-17-9-11-19(15(2)12-17)28-14-21(25)24(4,5)6/h9,11-13,18,21,25H,7-8,10,14H2,1-6H3,(H,26,27). The van der Waals surface area contributed by atoms with E-state index in [9.17, 15) is 15.0 Å². The summed E-state index contributed by atoms with van der Waals surface area (Å²) in [5.74, 6) is 0.338. The summed E-state index contributed by atoms with van der Waals surface area (Å²) in [6.45, 7) is 12.3. The maximum atomic E-state index is 11.3. The number of carbonyl (C=O) groups is 1. The fourth-order valence-electron chi connectivity index (χ4n) is 3.26. The highest BCUT2D eigenvalue weighted by Gasteiger charge is 2.23. The minimum absolute atomic E-state index is 0.205. The molecule has 0 amide bonds. The van der Waals surface area contributed by atoms with Crippen LogP contribution in [0.25, 0.3) is 0 Å². The lowest BCUT2D eigenvalue weighted by Crippen LogP contribution is -2.32. The van der Waals surface area contributed by atoms with E-state index in [0.29, 0.717) is 10.8 Å². The normalized spacial score (nSPS) is 13.9. The minimum Gasteiger partial charge on any atom is -0.491 e. The Morgan fingerprint density at radius 3 is 2.38 bits per heavy atom. The molecule has 1 aromatic heterocycles. The summed E-state index contributed by atoms with van der Waals surface area (Å²) in [6, 6.07) is 8.25. The number of hydrogen-bond acceptors (Lipinski definition) is 4. The van der Waals surface area contributed by atoms with E-state index >= 15 is 0 Å². The smallest absolute Gasteiger partial charge is 0.346 e. The summed E-state index contributed by atoms with van der Waals surface area (Å²) in [6.07, 6.45) is 2.39. The van der Waals surface area contributed by atoms with Crippen LogP contribution in [0, 0.1) is 19.3 Å². The van der Waals surface area contributed by atoms with Crippen LogP contribution in [0.15, 0.2) is 24.3 Å². The van der Waals surface area contributed by atoms with Gasteiger partial charge >= 0.3 is 5.97 Å². The van der Waals surface area contributed by atoms with Crippen molar-refractivity contribution in [3.63, 3.8) is 0 Å². The molecule has 2 atom stereocenters. The Labute approximate surface area is 178 Å². The fraction of sp³-hybridized carbons (Fsp3) is 0.542. The molecule has 0 saturated heterocycles. The van der Waals surface area contributed by atoms with Gasteiger partial charge in [-0.1, -0.05) is 39.8 Å². The molecule has 0 fully saturated rings. The second kappa shape index (κ2) is 9.77. The molecule has 0 aliphatic rings. The highest BCUT2D eigenvalue weighted by atomic mass is 32.1. The first-order valence-electron chi connectivity index (χ1n) is 10.3. The maximum Gasteiger partial charge on any atom is 0.346 e. The van der Waals surface area contributed by atoms with Crippen LogP contribution in [0.5, 0.6) is 5.75 Å². The summed E-state index contributed by atoms with van der Waals surface area (Å²) >= 11 is 1.41. The number of ether oxygens (including phenoxy) is 1. The molecule has 1 aromatic carbocycles. The molecule has 29 heavy (non-hydrogen) atoms. The summed E-state index contributed by atoms with van der Waals surface area (Å²) in [4.78, 5) is 12.9. The molecule has 4 nitrogen and oxygen atoms in total. The number of rotatable bonds is 9. The van der Waals surface area contributed by atoms with Crippen molar-refractivity contribution >= 4 is 17.3 Å². The number of aliphatic hydroxyl groups is 1. The van der Waals surface area contributed by atoms with Gasteiger partial charge in [0.25, 0.3) is 0 Å². The van der Waals surface area contributed by atoms with Gasteiger partial charge in [0, 0.05) is 4.88 Å².